The highest BCUT2D eigenvalue weighted by molar-refractivity contribution is 9.09. The summed E-state index contributed by atoms with van der Waals surface area (Å²) in [6, 6.07) is 4.49. The molecular formula is C12H20BrNOS. The molecule has 0 atom stereocenters. The number of aryl methyl sites for hydroxylation is 1. The lowest BCUT2D eigenvalue weighted by Gasteiger charge is -2.19. The van der Waals surface area contributed by atoms with E-state index in [1.807, 2.05) is 11.3 Å². The minimum Gasteiger partial charge on any atom is -0.383 e. The van der Waals surface area contributed by atoms with Crippen LogP contribution in [0.2, 0.25) is 0 Å². The lowest BCUT2D eigenvalue weighted by molar-refractivity contribution is 0.149. The summed E-state index contributed by atoms with van der Waals surface area (Å²) in [4.78, 5) is 5.35. The summed E-state index contributed by atoms with van der Waals surface area (Å²) >= 11 is 5.42. The maximum Gasteiger partial charge on any atom is 0.0589 e. The van der Waals surface area contributed by atoms with Crippen molar-refractivity contribution < 1.29 is 4.74 Å². The van der Waals surface area contributed by atoms with Crippen LogP contribution in [-0.4, -0.2) is 37.0 Å². The highest BCUT2D eigenvalue weighted by Gasteiger charge is 2.06. The zero-order valence-electron chi connectivity index (χ0n) is 10.0. The molecule has 1 rings (SSSR count). The number of hydrogen-bond acceptors (Lipinski definition) is 3. The van der Waals surface area contributed by atoms with E-state index in [2.05, 4.69) is 39.9 Å². The summed E-state index contributed by atoms with van der Waals surface area (Å²) in [6.45, 7) is 6.12. The van der Waals surface area contributed by atoms with Gasteiger partial charge in [0, 0.05) is 41.8 Å². The Morgan fingerprint density at radius 2 is 2.06 bits per heavy atom. The van der Waals surface area contributed by atoms with Gasteiger partial charge in [0.2, 0.25) is 0 Å². The van der Waals surface area contributed by atoms with Gasteiger partial charge in [-0.2, -0.15) is 0 Å². The second-order valence-electron chi connectivity index (χ2n) is 3.68. The van der Waals surface area contributed by atoms with Crippen LogP contribution in [0.3, 0.4) is 0 Å². The molecule has 92 valence electrons. The zero-order chi connectivity index (χ0) is 11.8. The Morgan fingerprint density at radius 3 is 2.62 bits per heavy atom. The van der Waals surface area contributed by atoms with E-state index in [9.17, 15) is 0 Å². The Bertz CT molecular complexity index is 290. The normalized spacial score (nSPS) is 11.2. The molecule has 0 aliphatic carbocycles. The number of thiophene rings is 1. The van der Waals surface area contributed by atoms with E-state index in [1.54, 1.807) is 7.11 Å². The summed E-state index contributed by atoms with van der Waals surface area (Å²) in [5, 5.41) is 1.02. The van der Waals surface area contributed by atoms with Gasteiger partial charge in [0.05, 0.1) is 6.61 Å². The molecule has 1 aromatic rings. The monoisotopic (exact) mass is 305 g/mol. The van der Waals surface area contributed by atoms with Crippen molar-refractivity contribution in [1.82, 2.24) is 4.90 Å². The number of nitrogens with zero attached hydrogens (tertiary/aromatic N) is 1. The van der Waals surface area contributed by atoms with Crippen LogP contribution in [0.15, 0.2) is 12.1 Å². The topological polar surface area (TPSA) is 12.5 Å². The summed E-state index contributed by atoms with van der Waals surface area (Å²) in [5.41, 5.74) is 0. The predicted molar refractivity (Wildman–Crippen MR) is 74.6 cm³/mol. The number of halogens is 1. The van der Waals surface area contributed by atoms with Crippen molar-refractivity contribution in [2.24, 2.45) is 0 Å². The van der Waals surface area contributed by atoms with Gasteiger partial charge in [0.1, 0.15) is 0 Å². The zero-order valence-corrected chi connectivity index (χ0v) is 12.4. The smallest absolute Gasteiger partial charge is 0.0589 e. The first-order valence-corrected chi connectivity index (χ1v) is 7.58. The third-order valence-corrected chi connectivity index (χ3v) is 4.03. The van der Waals surface area contributed by atoms with Crippen LogP contribution in [0.25, 0.3) is 0 Å². The molecule has 0 fully saturated rings. The largest absolute Gasteiger partial charge is 0.383 e. The number of rotatable bonds is 8. The van der Waals surface area contributed by atoms with Crippen molar-refractivity contribution in [2.75, 3.05) is 32.1 Å². The lowest BCUT2D eigenvalue weighted by atomic mass is 10.3. The van der Waals surface area contributed by atoms with E-state index < -0.39 is 0 Å². The molecule has 4 heteroatoms. The predicted octanol–water partition coefficient (Wildman–Crippen LogP) is 3.15. The van der Waals surface area contributed by atoms with Crippen LogP contribution in [0.5, 0.6) is 0 Å². The molecule has 0 spiro atoms. The maximum absolute atomic E-state index is 5.13. The third kappa shape index (κ3) is 4.95. The van der Waals surface area contributed by atoms with Crippen LogP contribution in [0.1, 0.15) is 16.7 Å². The van der Waals surface area contributed by atoms with Crippen LogP contribution < -0.4 is 0 Å². The molecule has 0 saturated heterocycles. The molecule has 0 aromatic carbocycles. The first-order chi connectivity index (χ1) is 7.80. The van der Waals surface area contributed by atoms with Gasteiger partial charge in [-0.1, -0.05) is 22.9 Å². The summed E-state index contributed by atoms with van der Waals surface area (Å²) in [7, 11) is 1.76. The van der Waals surface area contributed by atoms with Gasteiger partial charge in [-0.3, -0.25) is 4.90 Å². The molecule has 1 aromatic heterocycles. The Balaban J connectivity index is 2.46. The number of methoxy groups -OCH3 is 1. The minimum atomic E-state index is 0.805. The molecule has 0 aliphatic rings. The van der Waals surface area contributed by atoms with Crippen molar-refractivity contribution in [3.8, 4) is 0 Å². The summed E-state index contributed by atoms with van der Waals surface area (Å²) in [6.07, 6.45) is 1.14. The fraction of sp³-hybridized carbons (Fsp3) is 0.667. The fourth-order valence-corrected chi connectivity index (χ4v) is 3.03. The van der Waals surface area contributed by atoms with Crippen molar-refractivity contribution in [3.63, 3.8) is 0 Å². The highest BCUT2D eigenvalue weighted by Crippen LogP contribution is 2.18. The van der Waals surface area contributed by atoms with Crippen LogP contribution >= 0.6 is 27.3 Å². The van der Waals surface area contributed by atoms with Gasteiger partial charge in [0.25, 0.3) is 0 Å². The number of alkyl halides is 1. The van der Waals surface area contributed by atoms with Gasteiger partial charge in [-0.05, 0) is 18.6 Å². The van der Waals surface area contributed by atoms with Crippen molar-refractivity contribution >= 4 is 27.3 Å². The average Bonchev–Trinajstić information content (AvgIpc) is 2.74. The quantitative estimate of drug-likeness (QED) is 0.684. The average molecular weight is 306 g/mol. The molecular weight excluding hydrogens is 286 g/mol. The van der Waals surface area contributed by atoms with E-state index in [0.29, 0.717) is 0 Å². The van der Waals surface area contributed by atoms with E-state index in [0.717, 1.165) is 38.0 Å². The molecule has 0 N–H and O–H groups in total. The molecule has 0 saturated carbocycles. The first-order valence-electron chi connectivity index (χ1n) is 5.65. The van der Waals surface area contributed by atoms with E-state index >= 15 is 0 Å². The van der Waals surface area contributed by atoms with Gasteiger partial charge in [-0.25, -0.2) is 0 Å². The van der Waals surface area contributed by atoms with Crippen LogP contribution in [-0.2, 0) is 17.7 Å². The standard InChI is InChI=1S/C12H20BrNOS/c1-3-11-4-5-12(16-11)10-14(7-6-13)8-9-15-2/h4-5H,3,6-10H2,1-2H3. The maximum atomic E-state index is 5.13. The van der Waals surface area contributed by atoms with Crippen molar-refractivity contribution in [2.45, 2.75) is 19.9 Å². The van der Waals surface area contributed by atoms with E-state index in [-0.39, 0.29) is 0 Å². The Morgan fingerprint density at radius 1 is 1.31 bits per heavy atom. The molecule has 1 heterocycles. The first kappa shape index (κ1) is 14.2. The molecule has 16 heavy (non-hydrogen) atoms. The lowest BCUT2D eigenvalue weighted by Crippen LogP contribution is -2.28. The van der Waals surface area contributed by atoms with Gasteiger partial charge < -0.3 is 4.74 Å². The SMILES string of the molecule is CCc1ccc(CN(CCBr)CCOC)s1. The number of ether oxygens (including phenoxy) is 1. The number of hydrogen-bond donors (Lipinski definition) is 0. The Labute approximate surface area is 111 Å². The Hall–Kier alpha value is 0.1000. The van der Waals surface area contributed by atoms with Crippen LogP contribution in [0.4, 0.5) is 0 Å². The van der Waals surface area contributed by atoms with Crippen LogP contribution in [0, 0.1) is 0 Å². The third-order valence-electron chi connectivity index (χ3n) is 2.46. The highest BCUT2D eigenvalue weighted by atomic mass is 79.9. The second-order valence-corrected chi connectivity index (χ2v) is 5.73. The van der Waals surface area contributed by atoms with Gasteiger partial charge in [0.15, 0.2) is 0 Å². The van der Waals surface area contributed by atoms with Crippen molar-refractivity contribution in [3.05, 3.63) is 21.9 Å². The van der Waals surface area contributed by atoms with E-state index in [1.165, 1.54) is 9.75 Å². The summed E-state index contributed by atoms with van der Waals surface area (Å²) in [5.74, 6) is 0. The van der Waals surface area contributed by atoms with E-state index in [4.69, 9.17) is 4.74 Å². The van der Waals surface area contributed by atoms with Gasteiger partial charge in [-0.15, -0.1) is 11.3 Å². The Kier molecular flexibility index (Phi) is 7.28. The molecule has 0 bridgehead atoms. The molecule has 0 aliphatic heterocycles. The minimum absolute atomic E-state index is 0.805. The van der Waals surface area contributed by atoms with Gasteiger partial charge >= 0.3 is 0 Å². The molecule has 0 unspecified atom stereocenters. The molecule has 2 nitrogen and oxygen atoms in total. The van der Waals surface area contributed by atoms with Crippen molar-refractivity contribution in [1.29, 1.82) is 0 Å². The second kappa shape index (κ2) is 8.23. The fourth-order valence-electron chi connectivity index (χ4n) is 1.53. The molecule has 0 amide bonds. The summed E-state index contributed by atoms with van der Waals surface area (Å²) < 4.78 is 5.13. The molecule has 0 radical (unpaired) electrons.